The van der Waals surface area contributed by atoms with E-state index in [4.69, 9.17) is 5.11 Å². The largest absolute Gasteiger partial charge is 0.481 e. The Bertz CT molecular complexity index is 626. The van der Waals surface area contributed by atoms with E-state index < -0.39 is 11.9 Å². The van der Waals surface area contributed by atoms with Gasteiger partial charge in [-0.25, -0.2) is 0 Å². The Kier molecular flexibility index (Phi) is 3.52. The van der Waals surface area contributed by atoms with Gasteiger partial charge in [0.2, 0.25) is 0 Å². The standard InChI is InChI=1S/C13H15NO3S/c1-8(2)10(13(16)17)7-14-12(15)9-5-3-4-6-11(9)18-14/h3-6,8,10H,7H2,1-2H3,(H,16,17). The van der Waals surface area contributed by atoms with Crippen LogP contribution in [0.4, 0.5) is 0 Å². The summed E-state index contributed by atoms with van der Waals surface area (Å²) in [5.41, 5.74) is -0.0949. The maximum Gasteiger partial charge on any atom is 0.308 e. The van der Waals surface area contributed by atoms with Gasteiger partial charge in [-0.05, 0) is 18.1 Å². The summed E-state index contributed by atoms with van der Waals surface area (Å²) < 4.78 is 2.44. The molecule has 0 aliphatic carbocycles. The summed E-state index contributed by atoms with van der Waals surface area (Å²) in [5, 5.41) is 9.82. The summed E-state index contributed by atoms with van der Waals surface area (Å²) in [6.45, 7) is 3.96. The Hall–Kier alpha value is -1.62. The van der Waals surface area contributed by atoms with E-state index in [-0.39, 0.29) is 18.0 Å². The third kappa shape index (κ3) is 2.31. The van der Waals surface area contributed by atoms with E-state index in [0.29, 0.717) is 5.39 Å². The van der Waals surface area contributed by atoms with Crippen LogP contribution in [-0.4, -0.2) is 15.0 Å². The maximum absolute atomic E-state index is 12.1. The molecular weight excluding hydrogens is 250 g/mol. The van der Waals surface area contributed by atoms with E-state index in [1.54, 1.807) is 10.0 Å². The molecule has 96 valence electrons. The topological polar surface area (TPSA) is 59.3 Å². The van der Waals surface area contributed by atoms with Crippen LogP contribution in [0.3, 0.4) is 0 Å². The number of carboxylic acids is 1. The second-order valence-corrected chi connectivity index (χ2v) is 5.71. The molecule has 0 spiro atoms. The van der Waals surface area contributed by atoms with Crippen LogP contribution in [-0.2, 0) is 11.3 Å². The molecule has 0 aliphatic rings. The lowest BCUT2D eigenvalue weighted by Crippen LogP contribution is -2.28. The van der Waals surface area contributed by atoms with Crippen molar-refractivity contribution >= 4 is 27.6 Å². The molecule has 0 amide bonds. The average Bonchev–Trinajstić information content (AvgIpc) is 2.63. The highest BCUT2D eigenvalue weighted by atomic mass is 32.1. The molecule has 1 aromatic heterocycles. The smallest absolute Gasteiger partial charge is 0.308 e. The minimum absolute atomic E-state index is 0.000359. The fourth-order valence-electron chi connectivity index (χ4n) is 1.89. The van der Waals surface area contributed by atoms with Crippen LogP contribution in [0, 0.1) is 11.8 Å². The molecule has 5 heteroatoms. The van der Waals surface area contributed by atoms with Crippen molar-refractivity contribution in [1.82, 2.24) is 3.96 Å². The summed E-state index contributed by atoms with van der Waals surface area (Å²) in [4.78, 5) is 23.3. The molecule has 1 aromatic carbocycles. The van der Waals surface area contributed by atoms with Crippen molar-refractivity contribution in [3.8, 4) is 0 Å². The number of carbonyl (C=O) groups is 1. The zero-order valence-corrected chi connectivity index (χ0v) is 11.1. The lowest BCUT2D eigenvalue weighted by Gasteiger charge is -2.15. The molecule has 2 aromatic rings. The summed E-state index contributed by atoms with van der Waals surface area (Å²) in [5.74, 6) is -1.38. The van der Waals surface area contributed by atoms with Crippen LogP contribution in [0.25, 0.3) is 10.1 Å². The molecule has 1 N–H and O–H groups in total. The molecule has 0 fully saturated rings. The van der Waals surface area contributed by atoms with Gasteiger partial charge in [-0.1, -0.05) is 37.5 Å². The van der Waals surface area contributed by atoms with E-state index in [1.165, 1.54) is 11.5 Å². The van der Waals surface area contributed by atoms with E-state index in [9.17, 15) is 9.59 Å². The number of rotatable bonds is 4. The Morgan fingerprint density at radius 1 is 1.39 bits per heavy atom. The summed E-state index contributed by atoms with van der Waals surface area (Å²) in [6.07, 6.45) is 0. The van der Waals surface area contributed by atoms with Gasteiger partial charge in [0.05, 0.1) is 22.5 Å². The van der Waals surface area contributed by atoms with Crippen LogP contribution in [0.2, 0.25) is 0 Å². The Morgan fingerprint density at radius 3 is 2.61 bits per heavy atom. The first-order valence-corrected chi connectivity index (χ1v) is 6.59. The highest BCUT2D eigenvalue weighted by molar-refractivity contribution is 7.13. The number of carboxylic acid groups (broad SMARTS) is 1. The normalized spacial score (nSPS) is 13.1. The van der Waals surface area contributed by atoms with Gasteiger partial charge in [-0.3, -0.25) is 13.5 Å². The second-order valence-electron chi connectivity index (χ2n) is 4.64. The lowest BCUT2D eigenvalue weighted by atomic mass is 9.96. The van der Waals surface area contributed by atoms with Gasteiger partial charge in [0.15, 0.2) is 0 Å². The molecule has 0 saturated carbocycles. The van der Waals surface area contributed by atoms with E-state index in [0.717, 1.165) is 4.70 Å². The molecule has 2 rings (SSSR count). The number of hydrogen-bond donors (Lipinski definition) is 1. The fraction of sp³-hybridized carbons (Fsp3) is 0.385. The first-order chi connectivity index (χ1) is 8.50. The summed E-state index contributed by atoms with van der Waals surface area (Å²) >= 11 is 1.33. The molecule has 1 unspecified atom stereocenters. The van der Waals surface area contributed by atoms with Gasteiger partial charge in [-0.2, -0.15) is 0 Å². The summed E-state index contributed by atoms with van der Waals surface area (Å²) in [6, 6.07) is 7.34. The van der Waals surface area contributed by atoms with Crippen LogP contribution in [0.15, 0.2) is 29.1 Å². The SMILES string of the molecule is CC(C)C(Cn1sc2ccccc2c1=O)C(=O)O. The van der Waals surface area contributed by atoms with E-state index in [2.05, 4.69) is 0 Å². The molecule has 4 nitrogen and oxygen atoms in total. The van der Waals surface area contributed by atoms with Crippen LogP contribution >= 0.6 is 11.5 Å². The fourth-order valence-corrected chi connectivity index (χ4v) is 2.94. The highest BCUT2D eigenvalue weighted by Crippen LogP contribution is 2.19. The van der Waals surface area contributed by atoms with E-state index in [1.807, 2.05) is 32.0 Å². The average molecular weight is 265 g/mol. The Labute approximate surface area is 109 Å². The van der Waals surface area contributed by atoms with Crippen molar-refractivity contribution in [3.05, 3.63) is 34.6 Å². The van der Waals surface area contributed by atoms with Crippen LogP contribution in [0.5, 0.6) is 0 Å². The molecule has 0 saturated heterocycles. The zero-order valence-electron chi connectivity index (χ0n) is 10.3. The molecule has 0 aliphatic heterocycles. The first kappa shape index (κ1) is 12.8. The molecule has 1 atom stereocenters. The van der Waals surface area contributed by atoms with Gasteiger partial charge < -0.3 is 5.11 Å². The van der Waals surface area contributed by atoms with Gasteiger partial charge in [0, 0.05) is 0 Å². The third-order valence-corrected chi connectivity index (χ3v) is 4.12. The van der Waals surface area contributed by atoms with Crippen molar-refractivity contribution in [1.29, 1.82) is 0 Å². The first-order valence-electron chi connectivity index (χ1n) is 5.82. The van der Waals surface area contributed by atoms with Crippen molar-refractivity contribution in [2.75, 3.05) is 0 Å². The van der Waals surface area contributed by atoms with Gasteiger partial charge in [0.25, 0.3) is 5.56 Å². The predicted octanol–water partition coefficient (Wildman–Crippen LogP) is 2.42. The van der Waals surface area contributed by atoms with Gasteiger partial charge >= 0.3 is 5.97 Å². The van der Waals surface area contributed by atoms with Crippen molar-refractivity contribution in [2.24, 2.45) is 11.8 Å². The Morgan fingerprint density at radius 2 is 2.06 bits per heavy atom. The predicted molar refractivity (Wildman–Crippen MR) is 72.0 cm³/mol. The van der Waals surface area contributed by atoms with Gasteiger partial charge in [0.1, 0.15) is 0 Å². The number of aliphatic carboxylic acids is 1. The van der Waals surface area contributed by atoms with Crippen LogP contribution in [0.1, 0.15) is 13.8 Å². The number of nitrogens with zero attached hydrogens (tertiary/aromatic N) is 1. The zero-order chi connectivity index (χ0) is 13.3. The van der Waals surface area contributed by atoms with Crippen molar-refractivity contribution < 1.29 is 9.90 Å². The van der Waals surface area contributed by atoms with Gasteiger partial charge in [-0.15, -0.1) is 0 Å². The van der Waals surface area contributed by atoms with E-state index >= 15 is 0 Å². The quantitative estimate of drug-likeness (QED) is 0.923. The maximum atomic E-state index is 12.1. The molecule has 18 heavy (non-hydrogen) atoms. The van der Waals surface area contributed by atoms with Crippen molar-refractivity contribution in [2.45, 2.75) is 20.4 Å². The number of benzene rings is 1. The minimum atomic E-state index is -0.852. The lowest BCUT2D eigenvalue weighted by molar-refractivity contribution is -0.143. The number of aromatic nitrogens is 1. The van der Waals surface area contributed by atoms with Crippen LogP contribution < -0.4 is 5.56 Å². The monoisotopic (exact) mass is 265 g/mol. The molecule has 0 bridgehead atoms. The highest BCUT2D eigenvalue weighted by Gasteiger charge is 2.23. The third-order valence-electron chi connectivity index (χ3n) is 3.04. The minimum Gasteiger partial charge on any atom is -0.481 e. The Balaban J connectivity index is 2.40. The molecule has 1 heterocycles. The second kappa shape index (κ2) is 4.94. The molecular formula is C13H15NO3S. The summed E-state index contributed by atoms with van der Waals surface area (Å²) in [7, 11) is 0. The number of hydrogen-bond acceptors (Lipinski definition) is 3. The van der Waals surface area contributed by atoms with Crippen molar-refractivity contribution in [3.63, 3.8) is 0 Å². The molecule has 0 radical (unpaired) electrons. The number of fused-ring (bicyclic) bond motifs is 1.